The summed E-state index contributed by atoms with van der Waals surface area (Å²) in [4.78, 5) is 39.2. The van der Waals surface area contributed by atoms with E-state index in [9.17, 15) is 22.8 Å². The van der Waals surface area contributed by atoms with E-state index in [1.54, 1.807) is 12.1 Å². The number of primary amides is 1. The maximum atomic E-state index is 13.0. The van der Waals surface area contributed by atoms with Gasteiger partial charge in [0.05, 0.1) is 11.6 Å². The number of nitrogens with two attached hydrogens (primary N) is 1. The van der Waals surface area contributed by atoms with Crippen LogP contribution in [0.15, 0.2) is 47.4 Å². The number of rotatable bonds is 6. The number of hydrogen-bond donors (Lipinski definition) is 2. The summed E-state index contributed by atoms with van der Waals surface area (Å²) in [5.74, 6) is -1.37. The molecule has 0 aromatic heterocycles. The molecule has 2 heterocycles. The van der Waals surface area contributed by atoms with Crippen molar-refractivity contribution in [2.24, 2.45) is 5.73 Å². The lowest BCUT2D eigenvalue weighted by Crippen LogP contribution is -2.39. The quantitative estimate of drug-likeness (QED) is 0.664. The summed E-state index contributed by atoms with van der Waals surface area (Å²) in [6, 6.07) is 10.8. The maximum absolute atomic E-state index is 13.0. The van der Waals surface area contributed by atoms with Crippen molar-refractivity contribution in [1.82, 2.24) is 9.21 Å². The molecule has 33 heavy (non-hydrogen) atoms. The minimum Gasteiger partial charge on any atom is -0.368 e. The van der Waals surface area contributed by atoms with Gasteiger partial charge in [0.1, 0.15) is 4.90 Å². The smallest absolute Gasteiger partial charge is 0.269 e. The van der Waals surface area contributed by atoms with E-state index in [1.807, 2.05) is 17.0 Å². The first-order valence-corrected chi connectivity index (χ1v) is 12.4. The Bertz CT molecular complexity index is 1270. The molecule has 2 fully saturated rings. The lowest BCUT2D eigenvalue weighted by Gasteiger charge is -2.23. The van der Waals surface area contributed by atoms with Gasteiger partial charge >= 0.3 is 0 Å². The molecule has 1 unspecified atom stereocenters. The zero-order valence-electron chi connectivity index (χ0n) is 17.9. The second-order valence-corrected chi connectivity index (χ2v) is 10.5. The van der Waals surface area contributed by atoms with E-state index >= 15 is 0 Å². The van der Waals surface area contributed by atoms with Crippen molar-refractivity contribution >= 4 is 33.4 Å². The second kappa shape index (κ2) is 7.96. The molecule has 172 valence electrons. The lowest BCUT2D eigenvalue weighted by atomic mass is 10.1. The van der Waals surface area contributed by atoms with Gasteiger partial charge in [-0.2, -0.15) is 0 Å². The van der Waals surface area contributed by atoms with Gasteiger partial charge in [0.15, 0.2) is 0 Å². The first kappa shape index (κ1) is 21.6. The Balaban J connectivity index is 1.38. The minimum atomic E-state index is -3.95. The minimum absolute atomic E-state index is 0.102. The number of nitrogens with zero attached hydrogens (tertiary/aromatic N) is 2. The SMILES string of the molecule is NC(=O)C1CCCN1Cc1ccccc1NC(=O)c1ccc2c(c1)S(=O)(=O)N(C1CC1)C2=O. The molecule has 3 aliphatic rings. The molecule has 2 aliphatic heterocycles. The normalized spacial score (nSPS) is 21.8. The molecule has 1 aliphatic carbocycles. The monoisotopic (exact) mass is 468 g/mol. The van der Waals surface area contributed by atoms with Crippen molar-refractivity contribution in [1.29, 1.82) is 0 Å². The third kappa shape index (κ3) is 3.79. The van der Waals surface area contributed by atoms with Gasteiger partial charge in [-0.3, -0.25) is 19.3 Å². The van der Waals surface area contributed by atoms with Gasteiger partial charge < -0.3 is 11.1 Å². The summed E-state index contributed by atoms with van der Waals surface area (Å²) in [5.41, 5.74) is 7.16. The Morgan fingerprint density at radius 2 is 1.85 bits per heavy atom. The summed E-state index contributed by atoms with van der Waals surface area (Å²) in [6.07, 6.45) is 2.92. The van der Waals surface area contributed by atoms with Crippen LogP contribution in [0.25, 0.3) is 0 Å². The summed E-state index contributed by atoms with van der Waals surface area (Å²) in [6.45, 7) is 1.19. The topological polar surface area (TPSA) is 130 Å². The average molecular weight is 469 g/mol. The van der Waals surface area contributed by atoms with E-state index in [0.717, 1.165) is 22.8 Å². The number of carbonyl (C=O) groups excluding carboxylic acids is 3. The van der Waals surface area contributed by atoms with E-state index < -0.39 is 21.8 Å². The Morgan fingerprint density at radius 1 is 1.09 bits per heavy atom. The Hall–Kier alpha value is -3.24. The van der Waals surface area contributed by atoms with E-state index in [0.29, 0.717) is 31.5 Å². The average Bonchev–Trinajstić information content (AvgIpc) is 3.45. The molecule has 2 aromatic rings. The van der Waals surface area contributed by atoms with Crippen molar-refractivity contribution in [2.75, 3.05) is 11.9 Å². The Kier molecular flexibility index (Phi) is 5.21. The highest BCUT2D eigenvalue weighted by molar-refractivity contribution is 7.90. The van der Waals surface area contributed by atoms with Crippen LogP contribution in [0, 0.1) is 0 Å². The number of carbonyl (C=O) groups is 3. The third-order valence-electron chi connectivity index (χ3n) is 6.42. The summed E-state index contributed by atoms with van der Waals surface area (Å²) in [5, 5.41) is 2.85. The molecular weight excluding hydrogens is 444 g/mol. The highest BCUT2D eigenvalue weighted by Crippen LogP contribution is 2.39. The zero-order valence-corrected chi connectivity index (χ0v) is 18.7. The highest BCUT2D eigenvalue weighted by atomic mass is 32.2. The number of amides is 3. The molecule has 0 radical (unpaired) electrons. The van der Waals surface area contributed by atoms with Gasteiger partial charge in [0, 0.05) is 23.8 Å². The molecule has 9 nitrogen and oxygen atoms in total. The van der Waals surface area contributed by atoms with E-state index in [-0.39, 0.29) is 34.0 Å². The first-order chi connectivity index (χ1) is 15.8. The molecule has 1 saturated carbocycles. The van der Waals surface area contributed by atoms with E-state index in [4.69, 9.17) is 5.73 Å². The van der Waals surface area contributed by atoms with Crippen LogP contribution in [0.2, 0.25) is 0 Å². The van der Waals surface area contributed by atoms with Crippen LogP contribution >= 0.6 is 0 Å². The predicted molar refractivity (Wildman–Crippen MR) is 120 cm³/mol. The summed E-state index contributed by atoms with van der Waals surface area (Å²) in [7, 11) is -3.95. The third-order valence-corrected chi connectivity index (χ3v) is 8.30. The number of nitrogens with one attached hydrogen (secondary N) is 1. The van der Waals surface area contributed by atoms with Gasteiger partial charge in [-0.25, -0.2) is 12.7 Å². The van der Waals surface area contributed by atoms with E-state index in [2.05, 4.69) is 5.32 Å². The van der Waals surface area contributed by atoms with Gasteiger partial charge in [0.2, 0.25) is 5.91 Å². The molecule has 3 amide bonds. The maximum Gasteiger partial charge on any atom is 0.269 e. The van der Waals surface area contributed by atoms with Crippen molar-refractivity contribution < 1.29 is 22.8 Å². The molecule has 0 bridgehead atoms. The molecule has 1 saturated heterocycles. The fourth-order valence-corrected chi connectivity index (χ4v) is 6.43. The second-order valence-electron chi connectivity index (χ2n) is 8.69. The van der Waals surface area contributed by atoms with Crippen LogP contribution in [-0.2, 0) is 21.4 Å². The molecule has 2 aromatic carbocycles. The molecule has 10 heteroatoms. The van der Waals surface area contributed by atoms with Crippen molar-refractivity contribution in [3.05, 3.63) is 59.2 Å². The van der Waals surface area contributed by atoms with Gasteiger partial charge in [-0.15, -0.1) is 0 Å². The zero-order chi connectivity index (χ0) is 23.3. The molecular formula is C23H24N4O5S. The summed E-state index contributed by atoms with van der Waals surface area (Å²) >= 11 is 0. The van der Waals surface area contributed by atoms with Crippen LogP contribution in [0.3, 0.4) is 0 Å². The van der Waals surface area contributed by atoms with Gasteiger partial charge in [-0.05, 0) is 62.1 Å². The van der Waals surface area contributed by atoms with Crippen molar-refractivity contribution in [3.63, 3.8) is 0 Å². The first-order valence-electron chi connectivity index (χ1n) is 10.9. The fraction of sp³-hybridized carbons (Fsp3) is 0.348. The molecule has 0 spiro atoms. The van der Waals surface area contributed by atoms with Crippen LogP contribution in [0.1, 0.15) is 52.0 Å². The van der Waals surface area contributed by atoms with Gasteiger partial charge in [-0.1, -0.05) is 18.2 Å². The molecule has 3 N–H and O–H groups in total. The molecule has 1 atom stereocenters. The standard InChI is InChI=1S/C23H24N4O5S/c24-21(28)19-6-3-11-26(19)13-15-4-1-2-5-18(15)25-22(29)14-7-10-17-20(12-14)33(31,32)27(23(17)30)16-8-9-16/h1-2,4-5,7,10,12,16,19H,3,6,8-9,11,13H2,(H2,24,28)(H,25,29). The number of benzene rings is 2. The molecule has 5 rings (SSSR count). The van der Waals surface area contributed by atoms with E-state index in [1.165, 1.54) is 18.2 Å². The number of anilines is 1. The van der Waals surface area contributed by atoms with Crippen LogP contribution in [0.4, 0.5) is 5.69 Å². The fourth-order valence-electron chi connectivity index (χ4n) is 4.59. The van der Waals surface area contributed by atoms with Crippen LogP contribution in [0.5, 0.6) is 0 Å². The Labute approximate surface area is 191 Å². The number of fused-ring (bicyclic) bond motifs is 1. The van der Waals surface area contributed by atoms with Crippen LogP contribution in [-0.4, -0.2) is 54.0 Å². The van der Waals surface area contributed by atoms with Crippen LogP contribution < -0.4 is 11.1 Å². The Morgan fingerprint density at radius 3 is 2.58 bits per heavy atom. The number of likely N-dealkylation sites (tertiary alicyclic amines) is 1. The lowest BCUT2D eigenvalue weighted by molar-refractivity contribution is -0.122. The predicted octanol–water partition coefficient (Wildman–Crippen LogP) is 1.70. The van der Waals surface area contributed by atoms with Crippen molar-refractivity contribution in [2.45, 2.75) is 49.2 Å². The highest BCUT2D eigenvalue weighted by Gasteiger charge is 2.48. The largest absolute Gasteiger partial charge is 0.368 e. The number of hydrogen-bond acceptors (Lipinski definition) is 6. The summed E-state index contributed by atoms with van der Waals surface area (Å²) < 4.78 is 26.7. The van der Waals surface area contributed by atoms with Crippen molar-refractivity contribution in [3.8, 4) is 0 Å². The number of para-hydroxylation sites is 1. The number of sulfonamides is 1. The van der Waals surface area contributed by atoms with Gasteiger partial charge in [0.25, 0.3) is 21.8 Å².